The first-order chi connectivity index (χ1) is 12.4. The summed E-state index contributed by atoms with van der Waals surface area (Å²) in [5, 5.41) is 13.4. The maximum atomic E-state index is 12.3. The lowest BCUT2D eigenvalue weighted by Crippen LogP contribution is -2.34. The third-order valence-corrected chi connectivity index (χ3v) is 4.91. The molecule has 1 heterocycles. The van der Waals surface area contributed by atoms with Gasteiger partial charge >= 0.3 is 0 Å². The van der Waals surface area contributed by atoms with E-state index in [4.69, 9.17) is 11.6 Å². The maximum absolute atomic E-state index is 12.3. The summed E-state index contributed by atoms with van der Waals surface area (Å²) in [5.41, 5.74) is -0.0889. The summed E-state index contributed by atoms with van der Waals surface area (Å²) < 4.78 is 0. The van der Waals surface area contributed by atoms with Crippen LogP contribution in [0.3, 0.4) is 0 Å². The van der Waals surface area contributed by atoms with E-state index in [0.717, 1.165) is 11.0 Å². The Kier molecular flexibility index (Phi) is 5.03. The summed E-state index contributed by atoms with van der Waals surface area (Å²) in [5.74, 6) is -1.57. The van der Waals surface area contributed by atoms with E-state index in [1.54, 1.807) is 0 Å². The number of halogens is 1. The number of allylic oxidation sites excluding steroid dienone is 2. The molecule has 9 heteroatoms. The molecule has 1 aliphatic heterocycles. The van der Waals surface area contributed by atoms with Crippen LogP contribution in [0.4, 0.5) is 11.4 Å². The van der Waals surface area contributed by atoms with Crippen LogP contribution in [0.2, 0.25) is 5.02 Å². The number of imide groups is 1. The van der Waals surface area contributed by atoms with Crippen LogP contribution in [0.25, 0.3) is 0 Å². The number of nitro groups is 1. The van der Waals surface area contributed by atoms with E-state index in [-0.39, 0.29) is 53.0 Å². The molecule has 3 rings (SSSR count). The molecule has 1 fully saturated rings. The van der Waals surface area contributed by atoms with Crippen LogP contribution in [0.5, 0.6) is 0 Å². The number of nitrogens with one attached hydrogen (secondary N) is 1. The van der Waals surface area contributed by atoms with Crippen LogP contribution in [-0.4, -0.2) is 34.1 Å². The number of amides is 3. The minimum Gasteiger partial charge on any atom is -0.326 e. The number of hydrogen-bond acceptors (Lipinski definition) is 5. The third kappa shape index (κ3) is 3.45. The highest BCUT2D eigenvalue weighted by atomic mass is 35.5. The Balaban J connectivity index is 1.60. The first-order valence-corrected chi connectivity index (χ1v) is 8.50. The van der Waals surface area contributed by atoms with Crippen molar-refractivity contribution < 1.29 is 19.3 Å². The smallest absolute Gasteiger partial charge is 0.289 e. The lowest BCUT2D eigenvalue weighted by molar-refractivity contribution is -0.384. The summed E-state index contributed by atoms with van der Waals surface area (Å²) >= 11 is 5.73. The monoisotopic (exact) mass is 377 g/mol. The highest BCUT2D eigenvalue weighted by Gasteiger charge is 2.46. The van der Waals surface area contributed by atoms with Gasteiger partial charge in [0.1, 0.15) is 5.02 Å². The molecule has 1 N–H and O–H groups in total. The molecule has 3 amide bonds. The van der Waals surface area contributed by atoms with Crippen molar-refractivity contribution in [3.8, 4) is 0 Å². The van der Waals surface area contributed by atoms with Crippen LogP contribution in [0, 0.1) is 22.0 Å². The van der Waals surface area contributed by atoms with E-state index in [9.17, 15) is 24.5 Å². The summed E-state index contributed by atoms with van der Waals surface area (Å²) in [4.78, 5) is 48.1. The standard InChI is InChI=1S/C17H16ClN3O5/c18-13-6-5-10(9-14(13)21(25)26)19-15(22)7-8-20-16(23)11-3-1-2-4-12(11)17(20)24/h1-2,5-6,9,11-12H,3-4,7-8H2,(H,19,22). The van der Waals surface area contributed by atoms with Gasteiger partial charge in [-0.3, -0.25) is 29.4 Å². The molecule has 0 bridgehead atoms. The van der Waals surface area contributed by atoms with Gasteiger partial charge in [0.15, 0.2) is 0 Å². The van der Waals surface area contributed by atoms with E-state index in [2.05, 4.69) is 5.32 Å². The zero-order chi connectivity index (χ0) is 18.8. The molecule has 0 radical (unpaired) electrons. The minimum absolute atomic E-state index is 0.00775. The van der Waals surface area contributed by atoms with Gasteiger partial charge in [-0.25, -0.2) is 0 Å². The normalized spacial score (nSPS) is 21.7. The molecule has 1 aliphatic carbocycles. The van der Waals surface area contributed by atoms with Gasteiger partial charge in [0.25, 0.3) is 5.69 Å². The second-order valence-electron chi connectivity index (χ2n) is 6.21. The highest BCUT2D eigenvalue weighted by molar-refractivity contribution is 6.32. The Morgan fingerprint density at radius 2 is 1.85 bits per heavy atom. The van der Waals surface area contributed by atoms with Crippen molar-refractivity contribution in [1.82, 2.24) is 4.90 Å². The zero-order valence-electron chi connectivity index (χ0n) is 13.7. The van der Waals surface area contributed by atoms with E-state index in [0.29, 0.717) is 12.8 Å². The molecule has 0 spiro atoms. The van der Waals surface area contributed by atoms with Gasteiger partial charge in [-0.2, -0.15) is 0 Å². The van der Waals surface area contributed by atoms with E-state index >= 15 is 0 Å². The SMILES string of the molecule is O=C(CCN1C(=O)C2CC=CCC2C1=O)Nc1ccc(Cl)c([N+](=O)[O-])c1. The fourth-order valence-electron chi connectivity index (χ4n) is 3.26. The molecule has 1 saturated heterocycles. The molecule has 1 aromatic rings. The molecular formula is C17H16ClN3O5. The van der Waals surface area contributed by atoms with E-state index in [1.807, 2.05) is 12.2 Å². The van der Waals surface area contributed by atoms with E-state index < -0.39 is 10.8 Å². The molecule has 2 unspecified atom stereocenters. The number of fused-ring (bicyclic) bond motifs is 1. The number of likely N-dealkylation sites (tertiary alicyclic amines) is 1. The average Bonchev–Trinajstić information content (AvgIpc) is 2.86. The van der Waals surface area contributed by atoms with Crippen LogP contribution in [0.1, 0.15) is 19.3 Å². The number of hydrogen-bond donors (Lipinski definition) is 1. The predicted molar refractivity (Wildman–Crippen MR) is 93.4 cm³/mol. The van der Waals surface area contributed by atoms with Gasteiger partial charge in [-0.15, -0.1) is 0 Å². The predicted octanol–water partition coefficient (Wildman–Crippen LogP) is 2.53. The van der Waals surface area contributed by atoms with Crippen LogP contribution in [0.15, 0.2) is 30.4 Å². The van der Waals surface area contributed by atoms with Crippen molar-refractivity contribution in [1.29, 1.82) is 0 Å². The second-order valence-corrected chi connectivity index (χ2v) is 6.61. The van der Waals surface area contributed by atoms with Gasteiger partial charge in [-0.1, -0.05) is 23.8 Å². The average molecular weight is 378 g/mol. The van der Waals surface area contributed by atoms with Gasteiger partial charge < -0.3 is 5.32 Å². The minimum atomic E-state index is -0.644. The summed E-state index contributed by atoms with van der Waals surface area (Å²) in [6.45, 7) is -0.00775. The summed E-state index contributed by atoms with van der Waals surface area (Å²) in [7, 11) is 0. The van der Waals surface area contributed by atoms with Crippen molar-refractivity contribution in [2.75, 3.05) is 11.9 Å². The van der Waals surface area contributed by atoms with Crippen LogP contribution < -0.4 is 5.32 Å². The first kappa shape index (κ1) is 18.1. The number of carbonyl (C=O) groups is 3. The molecule has 2 atom stereocenters. The summed E-state index contributed by atoms with van der Waals surface area (Å²) in [6.07, 6.45) is 4.81. The van der Waals surface area contributed by atoms with Crippen molar-refractivity contribution in [2.45, 2.75) is 19.3 Å². The molecule has 136 valence electrons. The number of benzene rings is 1. The highest BCUT2D eigenvalue weighted by Crippen LogP contribution is 2.35. The first-order valence-electron chi connectivity index (χ1n) is 8.12. The van der Waals surface area contributed by atoms with Gasteiger partial charge in [-0.05, 0) is 25.0 Å². The largest absolute Gasteiger partial charge is 0.326 e. The third-order valence-electron chi connectivity index (χ3n) is 4.59. The molecule has 2 aliphatic rings. The topological polar surface area (TPSA) is 110 Å². The number of rotatable bonds is 5. The van der Waals surface area contributed by atoms with Gasteiger partial charge in [0.2, 0.25) is 17.7 Å². The molecular weight excluding hydrogens is 362 g/mol. The Bertz CT molecular complexity index is 797. The van der Waals surface area contributed by atoms with Gasteiger partial charge in [0.05, 0.1) is 16.8 Å². The molecule has 1 aromatic carbocycles. The Hall–Kier alpha value is -2.74. The van der Waals surface area contributed by atoms with Crippen molar-refractivity contribution in [2.24, 2.45) is 11.8 Å². The lowest BCUT2D eigenvalue weighted by Gasteiger charge is -2.14. The fraction of sp³-hybridized carbons (Fsp3) is 0.353. The zero-order valence-corrected chi connectivity index (χ0v) is 14.4. The molecule has 0 aromatic heterocycles. The number of carbonyl (C=O) groups excluding carboxylic acids is 3. The molecule has 26 heavy (non-hydrogen) atoms. The lowest BCUT2D eigenvalue weighted by atomic mass is 9.85. The van der Waals surface area contributed by atoms with E-state index in [1.165, 1.54) is 12.1 Å². The fourth-order valence-corrected chi connectivity index (χ4v) is 3.44. The Morgan fingerprint density at radius 1 is 1.23 bits per heavy atom. The second kappa shape index (κ2) is 7.25. The van der Waals surface area contributed by atoms with Crippen molar-refractivity contribution >= 4 is 40.7 Å². The number of nitro benzene ring substituents is 1. The maximum Gasteiger partial charge on any atom is 0.289 e. The Labute approximate surface area is 153 Å². The van der Waals surface area contributed by atoms with Crippen LogP contribution >= 0.6 is 11.6 Å². The van der Waals surface area contributed by atoms with Crippen molar-refractivity contribution in [3.05, 3.63) is 45.5 Å². The molecule has 0 saturated carbocycles. The van der Waals surface area contributed by atoms with Crippen molar-refractivity contribution in [3.63, 3.8) is 0 Å². The summed E-state index contributed by atoms with van der Waals surface area (Å²) in [6, 6.07) is 3.92. The quantitative estimate of drug-likeness (QED) is 0.367. The number of anilines is 1. The Morgan fingerprint density at radius 3 is 2.42 bits per heavy atom. The number of nitrogens with zero attached hydrogens (tertiary/aromatic N) is 2. The van der Waals surface area contributed by atoms with Gasteiger partial charge in [0, 0.05) is 24.7 Å². The molecule has 8 nitrogen and oxygen atoms in total. The van der Waals surface area contributed by atoms with Crippen LogP contribution in [-0.2, 0) is 14.4 Å².